The lowest BCUT2D eigenvalue weighted by atomic mass is 10.0. The van der Waals surface area contributed by atoms with Crippen molar-refractivity contribution in [2.45, 2.75) is 6.92 Å². The Balaban J connectivity index is 2.85. The average Bonchev–Trinajstić information content (AvgIpc) is 2.26. The van der Waals surface area contributed by atoms with Crippen LogP contribution in [-0.2, 0) is 0 Å². The molecule has 0 amide bonds. The normalized spacial score (nSPS) is 10.4. The Hall–Kier alpha value is -1.61. The molecule has 82 valence electrons. The number of hydrogen-bond acceptors (Lipinski definition) is 3. The first-order valence-corrected chi connectivity index (χ1v) is 5.14. The van der Waals surface area contributed by atoms with Crippen molar-refractivity contribution >= 4 is 28.2 Å². The third kappa shape index (κ3) is 1.74. The number of benzene rings is 1. The molecule has 2 rings (SSSR count). The predicted molar refractivity (Wildman–Crippen MR) is 63.3 cm³/mol. The van der Waals surface area contributed by atoms with Crippen molar-refractivity contribution in [3.63, 3.8) is 0 Å². The smallest absolute Gasteiger partial charge is 0.160 e. The number of nitrogens with zero attached hydrogens (tertiary/aromatic N) is 1. The number of carbonyl (C=O) groups excluding carboxylic acids is 1. The van der Waals surface area contributed by atoms with Gasteiger partial charge in [0.15, 0.2) is 5.78 Å². The SMILES string of the molecule is COc1ccc(C(C)=O)c2cc(Cl)ncc12. The van der Waals surface area contributed by atoms with E-state index < -0.39 is 0 Å². The molecule has 4 heteroatoms. The van der Waals surface area contributed by atoms with Gasteiger partial charge >= 0.3 is 0 Å². The van der Waals surface area contributed by atoms with Gasteiger partial charge in [-0.05, 0) is 25.1 Å². The third-order valence-corrected chi connectivity index (χ3v) is 2.63. The minimum absolute atomic E-state index is 0.00470. The van der Waals surface area contributed by atoms with Gasteiger partial charge in [-0.2, -0.15) is 0 Å². The van der Waals surface area contributed by atoms with Crippen molar-refractivity contribution in [2.24, 2.45) is 0 Å². The molecule has 0 fully saturated rings. The zero-order valence-electron chi connectivity index (χ0n) is 8.95. The quantitative estimate of drug-likeness (QED) is 0.593. The van der Waals surface area contributed by atoms with Gasteiger partial charge in [-0.15, -0.1) is 0 Å². The number of fused-ring (bicyclic) bond motifs is 1. The summed E-state index contributed by atoms with van der Waals surface area (Å²) in [7, 11) is 1.58. The lowest BCUT2D eigenvalue weighted by molar-refractivity contribution is 0.101. The molecule has 1 aromatic carbocycles. The van der Waals surface area contributed by atoms with Gasteiger partial charge in [-0.3, -0.25) is 4.79 Å². The van der Waals surface area contributed by atoms with E-state index in [1.807, 2.05) is 0 Å². The van der Waals surface area contributed by atoms with Crippen LogP contribution in [0.4, 0.5) is 0 Å². The molecule has 2 aromatic rings. The lowest BCUT2D eigenvalue weighted by Crippen LogP contribution is -1.96. The van der Waals surface area contributed by atoms with Crippen LogP contribution in [0.3, 0.4) is 0 Å². The first-order valence-electron chi connectivity index (χ1n) is 4.76. The van der Waals surface area contributed by atoms with Gasteiger partial charge in [-0.25, -0.2) is 4.98 Å². The molecular weight excluding hydrogens is 226 g/mol. The zero-order valence-corrected chi connectivity index (χ0v) is 9.71. The number of pyridine rings is 1. The van der Waals surface area contributed by atoms with Crippen molar-refractivity contribution in [1.29, 1.82) is 0 Å². The summed E-state index contributed by atoms with van der Waals surface area (Å²) in [5.41, 5.74) is 0.625. The molecular formula is C12H10ClNO2. The van der Waals surface area contributed by atoms with Crippen LogP contribution in [0.5, 0.6) is 5.75 Å². The van der Waals surface area contributed by atoms with Gasteiger partial charge in [0.2, 0.25) is 0 Å². The fraction of sp³-hybridized carbons (Fsp3) is 0.167. The van der Waals surface area contributed by atoms with Crippen LogP contribution >= 0.6 is 11.6 Å². The molecule has 0 saturated heterocycles. The number of halogens is 1. The van der Waals surface area contributed by atoms with E-state index in [0.29, 0.717) is 16.5 Å². The number of rotatable bonds is 2. The zero-order chi connectivity index (χ0) is 11.7. The summed E-state index contributed by atoms with van der Waals surface area (Å²) in [6.07, 6.45) is 1.61. The van der Waals surface area contributed by atoms with Crippen LogP contribution in [0, 0.1) is 0 Å². The van der Waals surface area contributed by atoms with E-state index in [9.17, 15) is 4.79 Å². The van der Waals surface area contributed by atoms with E-state index in [2.05, 4.69) is 4.98 Å². The molecule has 0 aliphatic heterocycles. The van der Waals surface area contributed by atoms with Gasteiger partial charge < -0.3 is 4.74 Å². The van der Waals surface area contributed by atoms with Crippen LogP contribution in [0.15, 0.2) is 24.4 Å². The molecule has 0 radical (unpaired) electrons. The Bertz CT molecular complexity index is 566. The summed E-state index contributed by atoms with van der Waals surface area (Å²) >= 11 is 5.83. The summed E-state index contributed by atoms with van der Waals surface area (Å²) < 4.78 is 5.21. The van der Waals surface area contributed by atoms with E-state index in [4.69, 9.17) is 16.3 Å². The first-order chi connectivity index (χ1) is 7.63. The van der Waals surface area contributed by atoms with E-state index >= 15 is 0 Å². The number of ketones is 1. The summed E-state index contributed by atoms with van der Waals surface area (Å²) in [5, 5.41) is 1.93. The Kier molecular flexibility index (Phi) is 2.79. The standard InChI is InChI=1S/C12H10ClNO2/c1-7(15)8-3-4-11(16-2)10-6-14-12(13)5-9(8)10/h3-6H,1-2H3. The van der Waals surface area contributed by atoms with Crippen molar-refractivity contribution in [3.05, 3.63) is 35.1 Å². The maximum absolute atomic E-state index is 11.5. The van der Waals surface area contributed by atoms with E-state index in [1.165, 1.54) is 6.92 Å². The minimum Gasteiger partial charge on any atom is -0.496 e. The molecule has 0 atom stereocenters. The molecule has 0 unspecified atom stereocenters. The van der Waals surface area contributed by atoms with Crippen LogP contribution in [-0.4, -0.2) is 17.9 Å². The van der Waals surface area contributed by atoms with Crippen molar-refractivity contribution < 1.29 is 9.53 Å². The molecule has 16 heavy (non-hydrogen) atoms. The summed E-state index contributed by atoms with van der Waals surface area (Å²) in [5.74, 6) is 0.680. The number of hydrogen-bond donors (Lipinski definition) is 0. The third-order valence-electron chi connectivity index (χ3n) is 2.43. The molecule has 0 saturated carbocycles. The molecule has 1 aromatic heterocycles. The molecule has 0 spiro atoms. The number of ether oxygens (including phenoxy) is 1. The summed E-state index contributed by atoms with van der Waals surface area (Å²) in [6, 6.07) is 5.17. The second-order valence-corrected chi connectivity index (χ2v) is 3.81. The molecule has 0 bridgehead atoms. The maximum Gasteiger partial charge on any atom is 0.160 e. The van der Waals surface area contributed by atoms with Gasteiger partial charge in [0, 0.05) is 22.5 Å². The van der Waals surface area contributed by atoms with Crippen LogP contribution in [0.1, 0.15) is 17.3 Å². The van der Waals surface area contributed by atoms with Crippen molar-refractivity contribution in [1.82, 2.24) is 4.98 Å². The number of aromatic nitrogens is 1. The molecule has 3 nitrogen and oxygen atoms in total. The highest BCUT2D eigenvalue weighted by Crippen LogP contribution is 2.29. The summed E-state index contributed by atoms with van der Waals surface area (Å²) in [6.45, 7) is 1.52. The lowest BCUT2D eigenvalue weighted by Gasteiger charge is -2.08. The average molecular weight is 236 g/mol. The Morgan fingerprint density at radius 2 is 2.12 bits per heavy atom. The molecule has 0 aliphatic carbocycles. The van der Waals surface area contributed by atoms with E-state index in [1.54, 1.807) is 31.5 Å². The molecule has 1 heterocycles. The number of carbonyl (C=O) groups is 1. The highest BCUT2D eigenvalue weighted by atomic mass is 35.5. The van der Waals surface area contributed by atoms with Crippen LogP contribution in [0.25, 0.3) is 10.8 Å². The van der Waals surface area contributed by atoms with Crippen LogP contribution < -0.4 is 4.74 Å². The number of Topliss-reactive ketones (excluding diaryl/α,β-unsaturated/α-hetero) is 1. The largest absolute Gasteiger partial charge is 0.496 e. The number of methoxy groups -OCH3 is 1. The van der Waals surface area contributed by atoms with Crippen molar-refractivity contribution in [2.75, 3.05) is 7.11 Å². The maximum atomic E-state index is 11.5. The Morgan fingerprint density at radius 1 is 1.38 bits per heavy atom. The monoisotopic (exact) mass is 235 g/mol. The van der Waals surface area contributed by atoms with Gasteiger partial charge in [-0.1, -0.05) is 11.6 Å². The van der Waals surface area contributed by atoms with Crippen LogP contribution in [0.2, 0.25) is 5.15 Å². The van der Waals surface area contributed by atoms with E-state index in [0.717, 1.165) is 10.8 Å². The highest BCUT2D eigenvalue weighted by molar-refractivity contribution is 6.30. The summed E-state index contributed by atoms with van der Waals surface area (Å²) in [4.78, 5) is 15.5. The van der Waals surface area contributed by atoms with Crippen molar-refractivity contribution in [3.8, 4) is 5.75 Å². The predicted octanol–water partition coefficient (Wildman–Crippen LogP) is 3.10. The molecule has 0 N–H and O–H groups in total. The van der Waals surface area contributed by atoms with Gasteiger partial charge in [0.1, 0.15) is 10.9 Å². The first kappa shape index (κ1) is 10.9. The fourth-order valence-electron chi connectivity index (χ4n) is 1.67. The van der Waals surface area contributed by atoms with Gasteiger partial charge in [0.05, 0.1) is 7.11 Å². The fourth-order valence-corrected chi connectivity index (χ4v) is 1.83. The topological polar surface area (TPSA) is 39.2 Å². The Morgan fingerprint density at radius 3 is 2.75 bits per heavy atom. The second kappa shape index (κ2) is 4.10. The Labute approximate surface area is 98.0 Å². The molecule has 0 aliphatic rings. The minimum atomic E-state index is -0.00470. The van der Waals surface area contributed by atoms with E-state index in [-0.39, 0.29) is 5.78 Å². The highest BCUT2D eigenvalue weighted by Gasteiger charge is 2.10. The van der Waals surface area contributed by atoms with Gasteiger partial charge in [0.25, 0.3) is 0 Å². The second-order valence-electron chi connectivity index (χ2n) is 3.42.